The van der Waals surface area contributed by atoms with Crippen molar-refractivity contribution >= 4 is 22.5 Å². The third kappa shape index (κ3) is 3.71. The fraction of sp³-hybridized carbons (Fsp3) is 0.200. The molecule has 1 aromatic heterocycles. The van der Waals surface area contributed by atoms with Crippen LogP contribution in [0.15, 0.2) is 60.8 Å². The molecule has 1 amide bonds. The molecule has 122 valence electrons. The Labute approximate surface area is 141 Å². The summed E-state index contributed by atoms with van der Waals surface area (Å²) in [6.45, 7) is 2.82. The Bertz CT molecular complexity index is 823. The Balaban J connectivity index is 1.72. The first-order chi connectivity index (χ1) is 11.8. The van der Waals surface area contributed by atoms with Crippen molar-refractivity contribution in [2.75, 3.05) is 11.9 Å². The molecule has 4 nitrogen and oxygen atoms in total. The van der Waals surface area contributed by atoms with Crippen LogP contribution < -0.4 is 10.1 Å². The molecule has 0 radical (unpaired) electrons. The number of benzene rings is 2. The lowest BCUT2D eigenvalue weighted by Crippen LogP contribution is -2.12. The molecular formula is C20H20N2O2. The minimum absolute atomic E-state index is 0.147. The van der Waals surface area contributed by atoms with Gasteiger partial charge in [-0.05, 0) is 55.0 Å². The second kappa shape index (κ2) is 7.59. The molecule has 0 atom stereocenters. The fourth-order valence-corrected chi connectivity index (χ4v) is 2.44. The maximum Gasteiger partial charge on any atom is 0.255 e. The van der Waals surface area contributed by atoms with Crippen LogP contribution in [0.25, 0.3) is 10.9 Å². The van der Waals surface area contributed by atoms with E-state index in [1.165, 1.54) is 0 Å². The van der Waals surface area contributed by atoms with Gasteiger partial charge in [0.2, 0.25) is 0 Å². The van der Waals surface area contributed by atoms with Crippen LogP contribution in [0.2, 0.25) is 0 Å². The number of nitrogens with one attached hydrogen (secondary N) is 1. The first kappa shape index (κ1) is 16.0. The van der Waals surface area contributed by atoms with E-state index in [1.54, 1.807) is 18.3 Å². The molecule has 0 saturated carbocycles. The quantitative estimate of drug-likeness (QED) is 0.672. The Kier molecular flexibility index (Phi) is 5.06. The molecule has 0 aliphatic rings. The molecule has 0 fully saturated rings. The van der Waals surface area contributed by atoms with E-state index in [0.29, 0.717) is 12.2 Å². The summed E-state index contributed by atoms with van der Waals surface area (Å²) < 4.78 is 5.62. The highest BCUT2D eigenvalue weighted by molar-refractivity contribution is 6.08. The second-order valence-electron chi connectivity index (χ2n) is 5.56. The molecule has 4 heteroatoms. The lowest BCUT2D eigenvalue weighted by molar-refractivity contribution is 0.102. The lowest BCUT2D eigenvalue weighted by Gasteiger charge is -2.09. The third-order valence-corrected chi connectivity index (χ3v) is 3.78. The number of ether oxygens (including phenoxy) is 1. The van der Waals surface area contributed by atoms with Crippen molar-refractivity contribution in [2.45, 2.75) is 19.8 Å². The minimum atomic E-state index is -0.147. The van der Waals surface area contributed by atoms with E-state index in [2.05, 4.69) is 17.2 Å². The van der Waals surface area contributed by atoms with E-state index >= 15 is 0 Å². The van der Waals surface area contributed by atoms with Crippen LogP contribution in [-0.2, 0) is 0 Å². The van der Waals surface area contributed by atoms with E-state index in [1.807, 2.05) is 42.5 Å². The highest BCUT2D eigenvalue weighted by atomic mass is 16.5. The van der Waals surface area contributed by atoms with Crippen molar-refractivity contribution in [2.24, 2.45) is 0 Å². The summed E-state index contributed by atoms with van der Waals surface area (Å²) in [5.41, 5.74) is 2.21. The number of amides is 1. The Morgan fingerprint density at radius 2 is 1.92 bits per heavy atom. The lowest BCUT2D eigenvalue weighted by atomic mass is 10.1. The number of pyridine rings is 1. The molecule has 1 heterocycles. The number of hydrogen-bond donors (Lipinski definition) is 1. The van der Waals surface area contributed by atoms with Gasteiger partial charge in [0.05, 0.1) is 17.8 Å². The first-order valence-corrected chi connectivity index (χ1v) is 8.16. The molecule has 3 aromatic rings. The molecule has 0 unspecified atom stereocenters. The summed E-state index contributed by atoms with van der Waals surface area (Å²) >= 11 is 0. The van der Waals surface area contributed by atoms with E-state index in [9.17, 15) is 4.79 Å². The van der Waals surface area contributed by atoms with Gasteiger partial charge in [-0.3, -0.25) is 9.78 Å². The van der Waals surface area contributed by atoms with Crippen molar-refractivity contribution in [1.29, 1.82) is 0 Å². The predicted octanol–water partition coefficient (Wildman–Crippen LogP) is 4.67. The summed E-state index contributed by atoms with van der Waals surface area (Å²) in [4.78, 5) is 16.8. The molecule has 3 rings (SSSR count). The number of anilines is 1. The average Bonchev–Trinajstić information content (AvgIpc) is 2.63. The van der Waals surface area contributed by atoms with Gasteiger partial charge in [-0.25, -0.2) is 0 Å². The number of nitrogens with zero attached hydrogens (tertiary/aromatic N) is 1. The molecular weight excluding hydrogens is 300 g/mol. The van der Waals surface area contributed by atoms with Crippen LogP contribution in [0.5, 0.6) is 5.75 Å². The second-order valence-corrected chi connectivity index (χ2v) is 5.56. The van der Waals surface area contributed by atoms with Crippen LogP contribution in [0.4, 0.5) is 5.69 Å². The van der Waals surface area contributed by atoms with Crippen LogP contribution in [0, 0.1) is 0 Å². The maximum atomic E-state index is 12.5. The number of rotatable bonds is 6. The smallest absolute Gasteiger partial charge is 0.255 e. The number of fused-ring (bicyclic) bond motifs is 1. The molecule has 0 spiro atoms. The van der Waals surface area contributed by atoms with Gasteiger partial charge in [-0.2, -0.15) is 0 Å². The van der Waals surface area contributed by atoms with Gasteiger partial charge in [0.15, 0.2) is 0 Å². The van der Waals surface area contributed by atoms with Gasteiger partial charge in [-0.1, -0.05) is 19.4 Å². The zero-order chi connectivity index (χ0) is 16.8. The number of unbranched alkanes of at least 4 members (excludes halogenated alkanes) is 1. The van der Waals surface area contributed by atoms with Gasteiger partial charge in [-0.15, -0.1) is 0 Å². The Morgan fingerprint density at radius 3 is 2.71 bits per heavy atom. The van der Waals surface area contributed by atoms with Crippen LogP contribution in [0.3, 0.4) is 0 Å². The van der Waals surface area contributed by atoms with Gasteiger partial charge < -0.3 is 10.1 Å². The monoisotopic (exact) mass is 320 g/mol. The van der Waals surface area contributed by atoms with Gasteiger partial charge in [0.1, 0.15) is 5.75 Å². The minimum Gasteiger partial charge on any atom is -0.494 e. The molecule has 2 aromatic carbocycles. The summed E-state index contributed by atoms with van der Waals surface area (Å²) in [6, 6.07) is 16.7. The van der Waals surface area contributed by atoms with Gasteiger partial charge >= 0.3 is 0 Å². The summed E-state index contributed by atoms with van der Waals surface area (Å²) in [7, 11) is 0. The van der Waals surface area contributed by atoms with Crippen LogP contribution in [0.1, 0.15) is 30.1 Å². The maximum absolute atomic E-state index is 12.5. The van der Waals surface area contributed by atoms with E-state index in [4.69, 9.17) is 4.74 Å². The normalized spacial score (nSPS) is 10.5. The van der Waals surface area contributed by atoms with Crippen molar-refractivity contribution in [3.05, 3.63) is 66.4 Å². The van der Waals surface area contributed by atoms with Crippen molar-refractivity contribution in [3.63, 3.8) is 0 Å². The van der Waals surface area contributed by atoms with Crippen molar-refractivity contribution in [1.82, 2.24) is 4.98 Å². The largest absolute Gasteiger partial charge is 0.494 e. The predicted molar refractivity (Wildman–Crippen MR) is 96.5 cm³/mol. The average molecular weight is 320 g/mol. The van der Waals surface area contributed by atoms with E-state index in [-0.39, 0.29) is 5.91 Å². The van der Waals surface area contributed by atoms with Crippen LogP contribution >= 0.6 is 0 Å². The number of aromatic nitrogens is 1. The number of carbonyl (C=O) groups is 1. The zero-order valence-electron chi connectivity index (χ0n) is 13.7. The molecule has 0 aliphatic carbocycles. The SMILES string of the molecule is CCCCOc1ccc(C(=O)Nc2cccc3ncccc23)cc1. The summed E-state index contributed by atoms with van der Waals surface area (Å²) in [5, 5.41) is 3.88. The van der Waals surface area contributed by atoms with Crippen molar-refractivity contribution < 1.29 is 9.53 Å². The molecule has 0 bridgehead atoms. The van der Waals surface area contributed by atoms with E-state index < -0.39 is 0 Å². The van der Waals surface area contributed by atoms with Crippen molar-refractivity contribution in [3.8, 4) is 5.75 Å². The summed E-state index contributed by atoms with van der Waals surface area (Å²) in [5.74, 6) is 0.640. The zero-order valence-corrected chi connectivity index (χ0v) is 13.7. The van der Waals surface area contributed by atoms with Gasteiger partial charge in [0, 0.05) is 17.1 Å². The number of carbonyl (C=O) groups excluding carboxylic acids is 1. The molecule has 0 saturated heterocycles. The fourth-order valence-electron chi connectivity index (χ4n) is 2.44. The number of hydrogen-bond acceptors (Lipinski definition) is 3. The molecule has 1 N–H and O–H groups in total. The highest BCUT2D eigenvalue weighted by Gasteiger charge is 2.08. The Morgan fingerprint density at radius 1 is 1.08 bits per heavy atom. The summed E-state index contributed by atoms with van der Waals surface area (Å²) in [6.07, 6.45) is 3.86. The van der Waals surface area contributed by atoms with Gasteiger partial charge in [0.25, 0.3) is 5.91 Å². The molecule has 0 aliphatic heterocycles. The molecule has 24 heavy (non-hydrogen) atoms. The Hall–Kier alpha value is -2.88. The third-order valence-electron chi connectivity index (χ3n) is 3.78. The van der Waals surface area contributed by atoms with Crippen LogP contribution in [-0.4, -0.2) is 17.5 Å². The topological polar surface area (TPSA) is 51.2 Å². The van der Waals surface area contributed by atoms with E-state index in [0.717, 1.165) is 35.2 Å². The first-order valence-electron chi connectivity index (χ1n) is 8.16. The highest BCUT2D eigenvalue weighted by Crippen LogP contribution is 2.22. The standard InChI is InChI=1S/C20H20N2O2/c1-2-3-14-24-16-11-9-15(10-12-16)20(23)22-19-8-4-7-18-17(19)6-5-13-21-18/h4-13H,2-3,14H2,1H3,(H,22,23).